The molecule has 1 amide bonds. The summed E-state index contributed by atoms with van der Waals surface area (Å²) in [5.74, 6) is 5.05. The molecule has 0 spiro atoms. The lowest BCUT2D eigenvalue weighted by atomic mass is 9.99. The van der Waals surface area contributed by atoms with Crippen LogP contribution in [0.2, 0.25) is 0 Å². The van der Waals surface area contributed by atoms with E-state index < -0.39 is 11.6 Å². The number of carbonyl (C=O) groups excluding carboxylic acids is 2. The number of amides is 1. The third-order valence-electron chi connectivity index (χ3n) is 4.11. The van der Waals surface area contributed by atoms with Crippen LogP contribution in [0.15, 0.2) is 12.2 Å². The SMILES string of the molecule is C=C(C)C(NC(CCCC)CCCC)C(=O)NC(C)(C=O)CNN. The summed E-state index contributed by atoms with van der Waals surface area (Å²) in [6.45, 7) is 11.9. The average molecular weight is 341 g/mol. The normalized spacial score (nSPS) is 14.9. The molecular weight excluding hydrogens is 304 g/mol. The van der Waals surface area contributed by atoms with Gasteiger partial charge in [-0.05, 0) is 26.7 Å². The van der Waals surface area contributed by atoms with Gasteiger partial charge in [-0.25, -0.2) is 0 Å². The van der Waals surface area contributed by atoms with Crippen LogP contribution in [0.4, 0.5) is 0 Å². The molecule has 140 valence electrons. The predicted octanol–water partition coefficient (Wildman–Crippen LogP) is 1.81. The van der Waals surface area contributed by atoms with Gasteiger partial charge in [-0.2, -0.15) is 0 Å². The van der Waals surface area contributed by atoms with Crippen molar-refractivity contribution in [1.29, 1.82) is 0 Å². The first-order chi connectivity index (χ1) is 11.3. The van der Waals surface area contributed by atoms with Gasteiger partial charge in [0.1, 0.15) is 17.9 Å². The van der Waals surface area contributed by atoms with Crippen molar-refractivity contribution in [3.05, 3.63) is 12.2 Å². The summed E-state index contributed by atoms with van der Waals surface area (Å²) >= 11 is 0. The van der Waals surface area contributed by atoms with Gasteiger partial charge in [-0.1, -0.05) is 51.7 Å². The minimum Gasteiger partial charge on any atom is -0.341 e. The van der Waals surface area contributed by atoms with Gasteiger partial charge in [-0.15, -0.1) is 0 Å². The molecule has 24 heavy (non-hydrogen) atoms. The topological polar surface area (TPSA) is 96.2 Å². The summed E-state index contributed by atoms with van der Waals surface area (Å²) in [6.07, 6.45) is 7.25. The standard InChI is InChI=1S/C18H36N4O2/c1-6-8-10-15(11-9-7-2)21-16(14(3)4)17(24)22-18(5,13-23)12-20-19/h13,15-16,20-21H,3,6-12,19H2,1-2,4-5H3,(H,22,24). The first-order valence-corrected chi connectivity index (χ1v) is 8.96. The minimum absolute atomic E-state index is 0.167. The van der Waals surface area contributed by atoms with E-state index in [9.17, 15) is 9.59 Å². The van der Waals surface area contributed by atoms with E-state index in [0.717, 1.165) is 44.1 Å². The molecule has 0 aromatic carbocycles. The highest BCUT2D eigenvalue weighted by molar-refractivity contribution is 5.88. The van der Waals surface area contributed by atoms with Crippen LogP contribution in [0.25, 0.3) is 0 Å². The zero-order valence-electron chi connectivity index (χ0n) is 15.8. The van der Waals surface area contributed by atoms with E-state index in [4.69, 9.17) is 5.84 Å². The molecule has 0 aromatic rings. The number of rotatable bonds is 14. The smallest absolute Gasteiger partial charge is 0.242 e. The van der Waals surface area contributed by atoms with Gasteiger partial charge < -0.3 is 10.1 Å². The van der Waals surface area contributed by atoms with Gasteiger partial charge in [0, 0.05) is 12.6 Å². The Kier molecular flexibility index (Phi) is 11.5. The van der Waals surface area contributed by atoms with Crippen molar-refractivity contribution in [2.75, 3.05) is 6.54 Å². The number of aldehydes is 1. The summed E-state index contributed by atoms with van der Waals surface area (Å²) in [5.41, 5.74) is 2.14. The fourth-order valence-electron chi connectivity index (χ4n) is 2.57. The van der Waals surface area contributed by atoms with Crippen molar-refractivity contribution in [3.63, 3.8) is 0 Å². The zero-order chi connectivity index (χ0) is 18.6. The molecule has 2 atom stereocenters. The molecule has 0 aliphatic heterocycles. The Hall–Kier alpha value is -1.24. The van der Waals surface area contributed by atoms with E-state index in [1.54, 1.807) is 6.92 Å². The summed E-state index contributed by atoms with van der Waals surface area (Å²) in [4.78, 5) is 24.0. The predicted molar refractivity (Wildman–Crippen MR) is 99.4 cm³/mol. The number of hydrogen-bond acceptors (Lipinski definition) is 5. The summed E-state index contributed by atoms with van der Waals surface area (Å²) in [6, 6.07) is -0.242. The van der Waals surface area contributed by atoms with Crippen LogP contribution in [0.3, 0.4) is 0 Å². The number of nitrogens with two attached hydrogens (primary N) is 1. The largest absolute Gasteiger partial charge is 0.341 e. The van der Waals surface area contributed by atoms with Gasteiger partial charge in [0.25, 0.3) is 0 Å². The van der Waals surface area contributed by atoms with Crippen molar-refractivity contribution >= 4 is 12.2 Å². The molecule has 0 radical (unpaired) electrons. The Morgan fingerprint density at radius 1 is 1.25 bits per heavy atom. The van der Waals surface area contributed by atoms with Crippen LogP contribution in [0, 0.1) is 0 Å². The first kappa shape index (κ1) is 22.8. The third-order valence-corrected chi connectivity index (χ3v) is 4.11. The van der Waals surface area contributed by atoms with Crippen molar-refractivity contribution in [3.8, 4) is 0 Å². The van der Waals surface area contributed by atoms with Crippen molar-refractivity contribution < 1.29 is 9.59 Å². The van der Waals surface area contributed by atoms with E-state index >= 15 is 0 Å². The molecule has 0 aromatic heterocycles. The van der Waals surface area contributed by atoms with Crippen LogP contribution >= 0.6 is 0 Å². The lowest BCUT2D eigenvalue weighted by Crippen LogP contribution is -2.60. The third kappa shape index (κ3) is 8.57. The Labute approximate surface area is 147 Å². The Bertz CT molecular complexity index is 392. The second-order valence-electron chi connectivity index (χ2n) is 6.83. The number of carbonyl (C=O) groups is 2. The maximum Gasteiger partial charge on any atom is 0.242 e. The molecule has 6 heteroatoms. The minimum atomic E-state index is -1.04. The van der Waals surface area contributed by atoms with E-state index in [1.165, 1.54) is 0 Å². The monoisotopic (exact) mass is 340 g/mol. The maximum absolute atomic E-state index is 12.7. The zero-order valence-corrected chi connectivity index (χ0v) is 15.8. The molecule has 6 nitrogen and oxygen atoms in total. The number of hydrogen-bond donors (Lipinski definition) is 4. The van der Waals surface area contributed by atoms with Gasteiger partial charge in [0.05, 0.1) is 0 Å². The lowest BCUT2D eigenvalue weighted by Gasteiger charge is -2.30. The quantitative estimate of drug-likeness (QED) is 0.167. The molecule has 0 rings (SSSR count). The molecule has 2 unspecified atom stereocenters. The number of hydrazine groups is 1. The molecule has 0 saturated heterocycles. The van der Waals surface area contributed by atoms with Crippen LogP contribution in [-0.4, -0.2) is 36.4 Å². The van der Waals surface area contributed by atoms with Gasteiger partial charge in [0.15, 0.2) is 0 Å². The Morgan fingerprint density at radius 2 is 1.79 bits per heavy atom. The van der Waals surface area contributed by atoms with Crippen molar-refractivity contribution in [2.45, 2.75) is 83.8 Å². The Morgan fingerprint density at radius 3 is 2.17 bits per heavy atom. The van der Waals surface area contributed by atoms with Gasteiger partial charge in [-0.3, -0.25) is 21.4 Å². The van der Waals surface area contributed by atoms with E-state index in [1.807, 2.05) is 6.92 Å². The second kappa shape index (κ2) is 12.2. The molecule has 5 N–H and O–H groups in total. The molecule has 0 aliphatic rings. The molecule has 0 fully saturated rings. The summed E-state index contributed by atoms with van der Waals surface area (Å²) < 4.78 is 0. The van der Waals surface area contributed by atoms with Crippen LogP contribution < -0.4 is 21.9 Å². The molecule has 0 heterocycles. The lowest BCUT2D eigenvalue weighted by molar-refractivity contribution is -0.127. The van der Waals surface area contributed by atoms with Crippen molar-refractivity contribution in [1.82, 2.24) is 16.1 Å². The molecular formula is C18H36N4O2. The van der Waals surface area contributed by atoms with E-state index in [0.29, 0.717) is 6.29 Å². The van der Waals surface area contributed by atoms with Gasteiger partial charge >= 0.3 is 0 Å². The highest BCUT2D eigenvalue weighted by Gasteiger charge is 2.30. The summed E-state index contributed by atoms with van der Waals surface area (Å²) in [5, 5.41) is 6.20. The number of unbranched alkanes of at least 4 members (excludes halogenated alkanes) is 2. The van der Waals surface area contributed by atoms with Crippen LogP contribution in [0.1, 0.15) is 66.2 Å². The highest BCUT2D eigenvalue weighted by atomic mass is 16.2. The fourth-order valence-corrected chi connectivity index (χ4v) is 2.57. The van der Waals surface area contributed by atoms with Crippen LogP contribution in [0.5, 0.6) is 0 Å². The highest BCUT2D eigenvalue weighted by Crippen LogP contribution is 2.12. The second-order valence-corrected chi connectivity index (χ2v) is 6.83. The molecule has 0 aliphatic carbocycles. The number of nitrogens with one attached hydrogen (secondary N) is 3. The van der Waals surface area contributed by atoms with E-state index in [-0.39, 0.29) is 18.5 Å². The molecule has 0 bridgehead atoms. The van der Waals surface area contributed by atoms with E-state index in [2.05, 4.69) is 36.5 Å². The average Bonchev–Trinajstić information content (AvgIpc) is 2.53. The summed E-state index contributed by atoms with van der Waals surface area (Å²) in [7, 11) is 0. The van der Waals surface area contributed by atoms with Gasteiger partial charge in [0.2, 0.25) is 5.91 Å². The Balaban J connectivity index is 4.99. The maximum atomic E-state index is 12.7. The van der Waals surface area contributed by atoms with Crippen LogP contribution in [-0.2, 0) is 9.59 Å². The fraction of sp³-hybridized carbons (Fsp3) is 0.778. The molecule has 0 saturated carbocycles. The van der Waals surface area contributed by atoms with Crippen molar-refractivity contribution in [2.24, 2.45) is 5.84 Å². The first-order valence-electron chi connectivity index (χ1n) is 8.96.